The zero-order valence-electron chi connectivity index (χ0n) is 15.5. The number of nitrogens with one attached hydrogen (secondary N) is 1. The number of amides is 1. The Kier molecular flexibility index (Phi) is 5.91. The monoisotopic (exact) mass is 365 g/mol. The smallest absolute Gasteiger partial charge is 0.336 e. The molecular weight excluding hydrogens is 342 g/mol. The minimum absolute atomic E-state index is 0.0951. The lowest BCUT2D eigenvalue weighted by atomic mass is 9.88. The number of carbonyl (C=O) groups excluding carboxylic acids is 1. The van der Waals surface area contributed by atoms with Crippen molar-refractivity contribution in [3.05, 3.63) is 76.6 Å². The average Bonchev–Trinajstić information content (AvgIpc) is 2.66. The van der Waals surface area contributed by atoms with Gasteiger partial charge in [0.25, 0.3) is 5.91 Å². The van der Waals surface area contributed by atoms with E-state index in [1.54, 1.807) is 24.3 Å². The Morgan fingerprint density at radius 1 is 1.07 bits per heavy atom. The molecule has 1 atom stereocenters. The van der Waals surface area contributed by atoms with E-state index in [2.05, 4.69) is 31.3 Å². The highest BCUT2D eigenvalue weighted by molar-refractivity contribution is 5.79. The molecule has 0 saturated heterocycles. The lowest BCUT2D eigenvalue weighted by molar-refractivity contribution is -0.123. The largest absolute Gasteiger partial charge is 0.484 e. The molecule has 3 rings (SSSR count). The van der Waals surface area contributed by atoms with Crippen molar-refractivity contribution in [2.45, 2.75) is 19.8 Å². The van der Waals surface area contributed by atoms with Crippen LogP contribution in [0.4, 0.5) is 0 Å². The van der Waals surface area contributed by atoms with Gasteiger partial charge >= 0.3 is 5.63 Å². The first-order valence-corrected chi connectivity index (χ1v) is 9.01. The van der Waals surface area contributed by atoms with Crippen LogP contribution in [0.2, 0.25) is 0 Å². The SMILES string of the molecule is CC(C)C(CNC(=O)COc1ccc2ccc(=O)oc2c1)c1ccccc1. The lowest BCUT2D eigenvalue weighted by Crippen LogP contribution is -2.33. The molecule has 140 valence electrons. The fourth-order valence-corrected chi connectivity index (χ4v) is 2.99. The molecule has 0 spiro atoms. The molecular formula is C22H23NO4. The van der Waals surface area contributed by atoms with E-state index >= 15 is 0 Å². The van der Waals surface area contributed by atoms with Crippen LogP contribution >= 0.6 is 0 Å². The van der Waals surface area contributed by atoms with Gasteiger partial charge in [0.15, 0.2) is 6.61 Å². The molecule has 5 nitrogen and oxygen atoms in total. The van der Waals surface area contributed by atoms with Crippen molar-refractivity contribution in [3.63, 3.8) is 0 Å². The predicted octanol–water partition coefficient (Wildman–Crippen LogP) is 3.73. The van der Waals surface area contributed by atoms with E-state index in [9.17, 15) is 9.59 Å². The van der Waals surface area contributed by atoms with Crippen molar-refractivity contribution in [2.75, 3.05) is 13.2 Å². The van der Waals surface area contributed by atoms with Crippen LogP contribution in [-0.2, 0) is 4.79 Å². The van der Waals surface area contributed by atoms with Crippen LogP contribution < -0.4 is 15.7 Å². The molecule has 1 amide bonds. The molecule has 2 aromatic carbocycles. The highest BCUT2D eigenvalue weighted by Gasteiger charge is 2.16. The standard InChI is InChI=1S/C22H23NO4/c1-15(2)19(16-6-4-3-5-7-16)13-23-21(24)14-26-18-10-8-17-9-11-22(25)27-20(17)12-18/h3-12,15,19H,13-14H2,1-2H3,(H,23,24). The fraction of sp³-hybridized carbons (Fsp3) is 0.273. The highest BCUT2D eigenvalue weighted by Crippen LogP contribution is 2.23. The summed E-state index contributed by atoms with van der Waals surface area (Å²) in [4.78, 5) is 23.5. The molecule has 0 saturated carbocycles. The Labute approximate surface area is 158 Å². The van der Waals surface area contributed by atoms with Crippen LogP contribution in [0.25, 0.3) is 11.0 Å². The summed E-state index contributed by atoms with van der Waals surface area (Å²) in [7, 11) is 0. The zero-order valence-corrected chi connectivity index (χ0v) is 15.5. The van der Waals surface area contributed by atoms with Crippen LogP contribution in [0, 0.1) is 5.92 Å². The summed E-state index contributed by atoms with van der Waals surface area (Å²) in [6.45, 7) is 4.74. The van der Waals surface area contributed by atoms with Gasteiger partial charge in [-0.2, -0.15) is 0 Å². The summed E-state index contributed by atoms with van der Waals surface area (Å²) in [6, 6.07) is 18.4. The molecule has 1 unspecified atom stereocenters. The van der Waals surface area contributed by atoms with Crippen molar-refractivity contribution in [1.29, 1.82) is 0 Å². The number of hydrogen-bond acceptors (Lipinski definition) is 4. The van der Waals surface area contributed by atoms with E-state index in [4.69, 9.17) is 9.15 Å². The maximum absolute atomic E-state index is 12.2. The summed E-state index contributed by atoms with van der Waals surface area (Å²) in [5, 5.41) is 3.74. The lowest BCUT2D eigenvalue weighted by Gasteiger charge is -2.22. The van der Waals surface area contributed by atoms with Gasteiger partial charge < -0.3 is 14.5 Å². The molecule has 0 radical (unpaired) electrons. The van der Waals surface area contributed by atoms with Crippen LogP contribution in [-0.4, -0.2) is 19.1 Å². The Bertz CT molecular complexity index is 963. The van der Waals surface area contributed by atoms with Gasteiger partial charge in [0.05, 0.1) is 0 Å². The molecule has 0 aliphatic carbocycles. The zero-order chi connectivity index (χ0) is 19.2. The highest BCUT2D eigenvalue weighted by atomic mass is 16.5. The Hall–Kier alpha value is -3.08. The molecule has 0 fully saturated rings. The summed E-state index contributed by atoms with van der Waals surface area (Å²) in [5.41, 5.74) is 1.22. The molecule has 27 heavy (non-hydrogen) atoms. The maximum atomic E-state index is 12.2. The molecule has 1 heterocycles. The molecule has 5 heteroatoms. The van der Waals surface area contributed by atoms with Gasteiger partial charge in [-0.1, -0.05) is 44.2 Å². The Morgan fingerprint density at radius 2 is 1.81 bits per heavy atom. The van der Waals surface area contributed by atoms with Crippen molar-refractivity contribution in [3.8, 4) is 5.75 Å². The second kappa shape index (κ2) is 8.54. The van der Waals surface area contributed by atoms with E-state index in [1.807, 2.05) is 18.2 Å². The molecule has 1 aromatic heterocycles. The van der Waals surface area contributed by atoms with E-state index in [0.717, 1.165) is 5.39 Å². The van der Waals surface area contributed by atoms with E-state index < -0.39 is 5.63 Å². The number of rotatable bonds is 7. The third-order valence-corrected chi connectivity index (χ3v) is 4.52. The normalized spacial score (nSPS) is 12.1. The minimum Gasteiger partial charge on any atom is -0.484 e. The maximum Gasteiger partial charge on any atom is 0.336 e. The molecule has 1 N–H and O–H groups in total. The third-order valence-electron chi connectivity index (χ3n) is 4.52. The van der Waals surface area contributed by atoms with Crippen LogP contribution in [0.15, 0.2) is 69.9 Å². The Morgan fingerprint density at radius 3 is 2.56 bits per heavy atom. The van der Waals surface area contributed by atoms with Gasteiger partial charge in [0.1, 0.15) is 11.3 Å². The van der Waals surface area contributed by atoms with Crippen molar-refractivity contribution >= 4 is 16.9 Å². The van der Waals surface area contributed by atoms with E-state index in [1.165, 1.54) is 11.6 Å². The molecule has 3 aromatic rings. The van der Waals surface area contributed by atoms with Gasteiger partial charge in [-0.25, -0.2) is 4.79 Å². The van der Waals surface area contributed by atoms with Crippen LogP contribution in [0.1, 0.15) is 25.3 Å². The quantitative estimate of drug-likeness (QED) is 0.648. The van der Waals surface area contributed by atoms with Gasteiger partial charge in [0.2, 0.25) is 0 Å². The number of hydrogen-bond donors (Lipinski definition) is 1. The van der Waals surface area contributed by atoms with Gasteiger partial charge in [-0.15, -0.1) is 0 Å². The second-order valence-electron chi connectivity index (χ2n) is 6.81. The number of carbonyl (C=O) groups is 1. The number of ether oxygens (including phenoxy) is 1. The first-order valence-electron chi connectivity index (χ1n) is 9.01. The van der Waals surface area contributed by atoms with E-state index in [0.29, 0.717) is 23.8 Å². The summed E-state index contributed by atoms with van der Waals surface area (Å²) < 4.78 is 10.7. The second-order valence-corrected chi connectivity index (χ2v) is 6.81. The van der Waals surface area contributed by atoms with Crippen molar-refractivity contribution in [1.82, 2.24) is 5.32 Å². The van der Waals surface area contributed by atoms with Crippen LogP contribution in [0.5, 0.6) is 5.75 Å². The van der Waals surface area contributed by atoms with Gasteiger partial charge in [0, 0.05) is 30.0 Å². The third kappa shape index (κ3) is 4.97. The fourth-order valence-electron chi connectivity index (χ4n) is 2.99. The number of benzene rings is 2. The van der Waals surface area contributed by atoms with Crippen molar-refractivity contribution in [2.24, 2.45) is 5.92 Å². The van der Waals surface area contributed by atoms with Crippen molar-refractivity contribution < 1.29 is 13.9 Å². The minimum atomic E-state index is -0.418. The van der Waals surface area contributed by atoms with Gasteiger partial charge in [-0.05, 0) is 29.7 Å². The van der Waals surface area contributed by atoms with E-state index in [-0.39, 0.29) is 18.4 Å². The summed E-state index contributed by atoms with van der Waals surface area (Å²) in [5.74, 6) is 0.934. The average molecular weight is 365 g/mol. The van der Waals surface area contributed by atoms with Gasteiger partial charge in [-0.3, -0.25) is 4.79 Å². The first kappa shape index (κ1) is 18.7. The topological polar surface area (TPSA) is 68.5 Å². The molecule has 0 aliphatic heterocycles. The first-order chi connectivity index (χ1) is 13.0. The molecule has 0 bridgehead atoms. The Balaban J connectivity index is 1.57. The summed E-state index contributed by atoms with van der Waals surface area (Å²) >= 11 is 0. The summed E-state index contributed by atoms with van der Waals surface area (Å²) in [6.07, 6.45) is 0. The predicted molar refractivity (Wildman–Crippen MR) is 105 cm³/mol. The van der Waals surface area contributed by atoms with Crippen LogP contribution in [0.3, 0.4) is 0 Å². The number of fused-ring (bicyclic) bond motifs is 1. The molecule has 0 aliphatic rings.